The van der Waals surface area contributed by atoms with Gasteiger partial charge in [0.15, 0.2) is 0 Å². The maximum atomic E-state index is 12.5. The maximum absolute atomic E-state index is 12.5. The molecule has 1 aromatic rings. The second kappa shape index (κ2) is 8.38. The molecule has 24 heavy (non-hydrogen) atoms. The minimum atomic E-state index is 0.332. The minimum Gasteiger partial charge on any atom is -0.497 e. The first-order valence-electron chi connectivity index (χ1n) is 9.14. The number of rotatable bonds is 5. The molecule has 1 aromatic carbocycles. The van der Waals surface area contributed by atoms with Crippen LogP contribution in [0.1, 0.15) is 25.7 Å². The summed E-state index contributed by atoms with van der Waals surface area (Å²) in [6.07, 6.45) is 4.20. The van der Waals surface area contributed by atoms with Crippen LogP contribution in [0.4, 0.5) is 5.69 Å². The van der Waals surface area contributed by atoms with E-state index in [1.54, 1.807) is 7.11 Å². The van der Waals surface area contributed by atoms with E-state index in [1.165, 1.54) is 18.5 Å². The first-order valence-corrected chi connectivity index (χ1v) is 9.14. The first-order chi connectivity index (χ1) is 11.8. The van der Waals surface area contributed by atoms with Crippen molar-refractivity contribution in [3.8, 4) is 5.75 Å². The van der Waals surface area contributed by atoms with Crippen LogP contribution in [0.3, 0.4) is 0 Å². The normalized spacial score (nSPS) is 19.4. The largest absolute Gasteiger partial charge is 0.497 e. The summed E-state index contributed by atoms with van der Waals surface area (Å²) in [7, 11) is 1.69. The lowest BCUT2D eigenvalue weighted by Gasteiger charge is -2.36. The Bertz CT molecular complexity index is 535. The third-order valence-electron chi connectivity index (χ3n) is 5.28. The number of carbonyl (C=O) groups excluding carboxylic acids is 1. The summed E-state index contributed by atoms with van der Waals surface area (Å²) in [5.41, 5.74) is 1.18. The SMILES string of the molecule is COc1cccc(N2CCN(C(=O)CCC3CCNCC3)CC2)c1. The molecular formula is C19H29N3O2. The van der Waals surface area contributed by atoms with Gasteiger partial charge in [-0.15, -0.1) is 0 Å². The highest BCUT2D eigenvalue weighted by Crippen LogP contribution is 2.23. The highest BCUT2D eigenvalue weighted by molar-refractivity contribution is 5.76. The van der Waals surface area contributed by atoms with Crippen LogP contribution < -0.4 is 15.0 Å². The second-order valence-corrected chi connectivity index (χ2v) is 6.80. The lowest BCUT2D eigenvalue weighted by molar-refractivity contribution is -0.131. The molecule has 0 atom stereocenters. The monoisotopic (exact) mass is 331 g/mol. The van der Waals surface area contributed by atoms with Gasteiger partial charge in [-0.3, -0.25) is 4.79 Å². The van der Waals surface area contributed by atoms with Gasteiger partial charge in [-0.1, -0.05) is 6.07 Å². The predicted octanol–water partition coefficient (Wildman–Crippen LogP) is 2.12. The molecule has 2 fully saturated rings. The number of anilines is 1. The molecule has 1 N–H and O–H groups in total. The van der Waals surface area contributed by atoms with Crippen molar-refractivity contribution in [1.29, 1.82) is 0 Å². The molecule has 1 amide bonds. The number of amides is 1. The number of methoxy groups -OCH3 is 1. The smallest absolute Gasteiger partial charge is 0.222 e. The van der Waals surface area contributed by atoms with Crippen LogP contribution in [0.5, 0.6) is 5.75 Å². The molecule has 2 aliphatic rings. The fourth-order valence-corrected chi connectivity index (χ4v) is 3.68. The van der Waals surface area contributed by atoms with Gasteiger partial charge in [0, 0.05) is 44.4 Å². The van der Waals surface area contributed by atoms with Crippen LogP contribution in [-0.2, 0) is 4.79 Å². The summed E-state index contributed by atoms with van der Waals surface area (Å²) in [5, 5.41) is 3.38. The fraction of sp³-hybridized carbons (Fsp3) is 0.632. The van der Waals surface area contributed by atoms with Crippen LogP contribution in [-0.4, -0.2) is 57.2 Å². The number of piperidine rings is 1. The highest BCUT2D eigenvalue weighted by atomic mass is 16.5. The molecule has 0 aromatic heterocycles. The van der Waals surface area contributed by atoms with Crippen LogP contribution >= 0.6 is 0 Å². The third-order valence-corrected chi connectivity index (χ3v) is 5.28. The molecule has 2 saturated heterocycles. The Morgan fingerprint density at radius 1 is 1.21 bits per heavy atom. The van der Waals surface area contributed by atoms with Gasteiger partial charge in [0.2, 0.25) is 5.91 Å². The number of hydrogen-bond acceptors (Lipinski definition) is 4. The first kappa shape index (κ1) is 17.1. The molecule has 0 bridgehead atoms. The van der Waals surface area contributed by atoms with E-state index in [4.69, 9.17) is 4.74 Å². The van der Waals surface area contributed by atoms with Crippen LogP contribution in [0.15, 0.2) is 24.3 Å². The lowest BCUT2D eigenvalue weighted by Crippen LogP contribution is -2.48. The van der Waals surface area contributed by atoms with E-state index in [0.29, 0.717) is 12.3 Å². The topological polar surface area (TPSA) is 44.8 Å². The Morgan fingerprint density at radius 3 is 2.67 bits per heavy atom. The quantitative estimate of drug-likeness (QED) is 0.898. The van der Waals surface area contributed by atoms with E-state index < -0.39 is 0 Å². The van der Waals surface area contributed by atoms with E-state index >= 15 is 0 Å². The van der Waals surface area contributed by atoms with Crippen molar-refractivity contribution in [3.05, 3.63) is 24.3 Å². The van der Waals surface area contributed by atoms with Gasteiger partial charge in [-0.2, -0.15) is 0 Å². The van der Waals surface area contributed by atoms with Gasteiger partial charge < -0.3 is 19.9 Å². The summed E-state index contributed by atoms with van der Waals surface area (Å²) in [6.45, 7) is 5.65. The van der Waals surface area contributed by atoms with Crippen molar-refractivity contribution < 1.29 is 9.53 Å². The van der Waals surface area contributed by atoms with Crippen LogP contribution in [0.2, 0.25) is 0 Å². The number of benzene rings is 1. The lowest BCUT2D eigenvalue weighted by atomic mass is 9.93. The Labute approximate surface area is 145 Å². The van der Waals surface area contributed by atoms with E-state index in [9.17, 15) is 4.79 Å². The molecule has 0 aliphatic carbocycles. The summed E-state index contributed by atoms with van der Waals surface area (Å²) < 4.78 is 5.30. The average molecular weight is 331 g/mol. The molecule has 5 nitrogen and oxygen atoms in total. The summed E-state index contributed by atoms with van der Waals surface area (Å²) in [4.78, 5) is 16.8. The summed E-state index contributed by atoms with van der Waals surface area (Å²) in [6, 6.07) is 8.15. The van der Waals surface area contributed by atoms with E-state index in [1.807, 2.05) is 17.0 Å². The number of nitrogens with one attached hydrogen (secondary N) is 1. The minimum absolute atomic E-state index is 0.332. The average Bonchev–Trinajstić information content (AvgIpc) is 2.67. The number of ether oxygens (including phenoxy) is 1. The molecular weight excluding hydrogens is 302 g/mol. The van der Waals surface area contributed by atoms with Gasteiger partial charge in [0.05, 0.1) is 7.11 Å². The van der Waals surface area contributed by atoms with Crippen LogP contribution in [0.25, 0.3) is 0 Å². The van der Waals surface area contributed by atoms with Crippen molar-refractivity contribution in [2.45, 2.75) is 25.7 Å². The van der Waals surface area contributed by atoms with Crippen LogP contribution in [0, 0.1) is 5.92 Å². The number of nitrogens with zero attached hydrogens (tertiary/aromatic N) is 2. The number of piperazine rings is 1. The summed E-state index contributed by atoms with van der Waals surface area (Å²) in [5.74, 6) is 1.94. The zero-order chi connectivity index (χ0) is 16.8. The van der Waals surface area contributed by atoms with Gasteiger partial charge in [-0.25, -0.2) is 0 Å². The van der Waals surface area contributed by atoms with E-state index in [2.05, 4.69) is 22.3 Å². The molecule has 2 heterocycles. The zero-order valence-electron chi connectivity index (χ0n) is 14.7. The molecule has 2 aliphatic heterocycles. The van der Waals surface area contributed by atoms with Gasteiger partial charge in [0.1, 0.15) is 5.75 Å². The Kier molecular flexibility index (Phi) is 5.96. The third kappa shape index (κ3) is 4.41. The standard InChI is InChI=1S/C19H29N3O2/c1-24-18-4-2-3-17(15-18)21-11-13-22(14-12-21)19(23)6-5-16-7-9-20-10-8-16/h2-4,15-16,20H,5-14H2,1H3. The number of carbonyl (C=O) groups is 1. The summed E-state index contributed by atoms with van der Waals surface area (Å²) >= 11 is 0. The van der Waals surface area contributed by atoms with Crippen molar-refractivity contribution >= 4 is 11.6 Å². The molecule has 0 radical (unpaired) electrons. The molecule has 0 saturated carbocycles. The van der Waals surface area contributed by atoms with Crippen molar-refractivity contribution in [1.82, 2.24) is 10.2 Å². The van der Waals surface area contributed by atoms with E-state index in [0.717, 1.165) is 57.4 Å². The van der Waals surface area contributed by atoms with Gasteiger partial charge in [0.25, 0.3) is 0 Å². The number of hydrogen-bond donors (Lipinski definition) is 1. The second-order valence-electron chi connectivity index (χ2n) is 6.80. The van der Waals surface area contributed by atoms with Crippen molar-refractivity contribution in [2.24, 2.45) is 5.92 Å². The molecule has 5 heteroatoms. The maximum Gasteiger partial charge on any atom is 0.222 e. The molecule has 0 unspecified atom stereocenters. The van der Waals surface area contributed by atoms with Crippen molar-refractivity contribution in [2.75, 3.05) is 51.3 Å². The van der Waals surface area contributed by atoms with Crippen molar-refractivity contribution in [3.63, 3.8) is 0 Å². The Balaban J connectivity index is 1.44. The fourth-order valence-electron chi connectivity index (χ4n) is 3.68. The van der Waals surface area contributed by atoms with Gasteiger partial charge >= 0.3 is 0 Å². The Morgan fingerprint density at radius 2 is 1.96 bits per heavy atom. The molecule has 0 spiro atoms. The predicted molar refractivity (Wildman–Crippen MR) is 96.6 cm³/mol. The Hall–Kier alpha value is -1.75. The zero-order valence-corrected chi connectivity index (χ0v) is 14.7. The van der Waals surface area contributed by atoms with Gasteiger partial charge in [-0.05, 0) is 50.4 Å². The molecule has 132 valence electrons. The van der Waals surface area contributed by atoms with E-state index in [-0.39, 0.29) is 0 Å². The molecule has 3 rings (SSSR count). The highest BCUT2D eigenvalue weighted by Gasteiger charge is 2.22.